The van der Waals surface area contributed by atoms with Crippen LogP contribution in [-0.2, 0) is 16.0 Å². The lowest BCUT2D eigenvalue weighted by molar-refractivity contribution is -0.137. The van der Waals surface area contributed by atoms with Crippen molar-refractivity contribution >= 4 is 11.8 Å². The van der Waals surface area contributed by atoms with Crippen LogP contribution in [0.1, 0.15) is 12.0 Å². The van der Waals surface area contributed by atoms with Gasteiger partial charge in [0.15, 0.2) is 0 Å². The van der Waals surface area contributed by atoms with Crippen molar-refractivity contribution in [1.29, 1.82) is 0 Å². The molecule has 0 atom stereocenters. The highest BCUT2D eigenvalue weighted by atomic mass is 16.2. The van der Waals surface area contributed by atoms with Crippen LogP contribution < -0.4 is 0 Å². The number of rotatable bonds is 6. The third kappa shape index (κ3) is 2.62. The van der Waals surface area contributed by atoms with Crippen molar-refractivity contribution in [3.05, 3.63) is 72.4 Å². The van der Waals surface area contributed by atoms with Crippen LogP contribution in [0, 0.1) is 0 Å². The number of benzene rings is 1. The molecule has 1 aliphatic rings. The van der Waals surface area contributed by atoms with Crippen LogP contribution in [0.3, 0.4) is 0 Å². The van der Waals surface area contributed by atoms with Crippen molar-refractivity contribution in [2.75, 3.05) is 6.54 Å². The average molecular weight is 267 g/mol. The molecule has 3 heteroatoms. The summed E-state index contributed by atoms with van der Waals surface area (Å²) in [5.41, 5.74) is 1.90. The average Bonchev–Trinajstić information content (AvgIpc) is 2.71. The number of hydrogen-bond donors (Lipinski definition) is 0. The van der Waals surface area contributed by atoms with Crippen LogP contribution in [0.4, 0.5) is 0 Å². The van der Waals surface area contributed by atoms with E-state index in [-0.39, 0.29) is 11.8 Å². The standard InChI is InChI=1S/C17H17NO2/c1-3-14-15(4-2)17(20)18(16(14)19)12-8-11-13-9-6-5-7-10-13/h3-7,9-10H,1-2,8,11-12H2. The lowest BCUT2D eigenvalue weighted by Gasteiger charge is -2.14. The fourth-order valence-electron chi connectivity index (χ4n) is 2.30. The molecule has 0 unspecified atom stereocenters. The van der Waals surface area contributed by atoms with Gasteiger partial charge in [-0.05, 0) is 18.4 Å². The van der Waals surface area contributed by atoms with Gasteiger partial charge in [-0.15, -0.1) is 0 Å². The van der Waals surface area contributed by atoms with E-state index in [9.17, 15) is 9.59 Å². The van der Waals surface area contributed by atoms with Gasteiger partial charge in [0.2, 0.25) is 0 Å². The zero-order chi connectivity index (χ0) is 14.5. The first-order valence-electron chi connectivity index (χ1n) is 6.58. The highest BCUT2D eigenvalue weighted by molar-refractivity contribution is 6.21. The Kier molecular flexibility index (Phi) is 4.31. The lowest BCUT2D eigenvalue weighted by Crippen LogP contribution is -2.32. The number of imide groups is 1. The molecule has 2 amide bonds. The van der Waals surface area contributed by atoms with Crippen molar-refractivity contribution in [3.8, 4) is 0 Å². The fourth-order valence-corrected chi connectivity index (χ4v) is 2.30. The first kappa shape index (κ1) is 14.0. The first-order valence-corrected chi connectivity index (χ1v) is 6.58. The Labute approximate surface area is 118 Å². The summed E-state index contributed by atoms with van der Waals surface area (Å²) in [4.78, 5) is 25.4. The summed E-state index contributed by atoms with van der Waals surface area (Å²) < 4.78 is 0. The summed E-state index contributed by atoms with van der Waals surface area (Å²) >= 11 is 0. The molecule has 1 aromatic carbocycles. The van der Waals surface area contributed by atoms with E-state index in [0.29, 0.717) is 17.7 Å². The molecule has 0 saturated heterocycles. The number of carbonyl (C=O) groups is 2. The normalized spacial score (nSPS) is 14.9. The van der Waals surface area contributed by atoms with Crippen LogP contribution in [-0.4, -0.2) is 23.3 Å². The van der Waals surface area contributed by atoms with Crippen molar-refractivity contribution in [2.24, 2.45) is 0 Å². The van der Waals surface area contributed by atoms with Crippen LogP contribution in [0.5, 0.6) is 0 Å². The second kappa shape index (κ2) is 6.15. The van der Waals surface area contributed by atoms with Crippen molar-refractivity contribution in [1.82, 2.24) is 4.90 Å². The molecule has 0 bridgehead atoms. The predicted molar refractivity (Wildman–Crippen MR) is 78.9 cm³/mol. The van der Waals surface area contributed by atoms with Gasteiger partial charge in [-0.1, -0.05) is 55.6 Å². The minimum absolute atomic E-state index is 0.270. The monoisotopic (exact) mass is 267 g/mol. The molecule has 1 aliphatic heterocycles. The zero-order valence-corrected chi connectivity index (χ0v) is 11.3. The minimum Gasteiger partial charge on any atom is -0.274 e. The van der Waals surface area contributed by atoms with Gasteiger partial charge in [0.1, 0.15) is 0 Å². The molecule has 3 nitrogen and oxygen atoms in total. The Morgan fingerprint density at radius 1 is 0.950 bits per heavy atom. The van der Waals surface area contributed by atoms with Gasteiger partial charge in [0.05, 0.1) is 11.1 Å². The lowest BCUT2D eigenvalue weighted by atomic mass is 10.1. The van der Waals surface area contributed by atoms with Gasteiger partial charge in [-0.3, -0.25) is 14.5 Å². The summed E-state index contributed by atoms with van der Waals surface area (Å²) in [5.74, 6) is -0.541. The maximum absolute atomic E-state index is 12.1. The largest absolute Gasteiger partial charge is 0.274 e. The summed E-state index contributed by atoms with van der Waals surface area (Å²) in [6.07, 6.45) is 4.43. The van der Waals surface area contributed by atoms with Crippen LogP contribution in [0.25, 0.3) is 0 Å². The summed E-state index contributed by atoms with van der Waals surface area (Å²) in [7, 11) is 0. The molecule has 0 saturated carbocycles. The van der Waals surface area contributed by atoms with E-state index in [1.807, 2.05) is 30.3 Å². The predicted octanol–water partition coefficient (Wildman–Crippen LogP) is 2.66. The molecule has 102 valence electrons. The number of amides is 2. The van der Waals surface area contributed by atoms with Crippen LogP contribution in [0.15, 0.2) is 66.8 Å². The SMILES string of the molecule is C=CC1=C(C=C)C(=O)N(CCCc2ccccc2)C1=O. The highest BCUT2D eigenvalue weighted by Crippen LogP contribution is 2.22. The van der Waals surface area contributed by atoms with Crippen LogP contribution in [0.2, 0.25) is 0 Å². The van der Waals surface area contributed by atoms with E-state index >= 15 is 0 Å². The molecular formula is C17H17NO2. The van der Waals surface area contributed by atoms with Gasteiger partial charge >= 0.3 is 0 Å². The third-order valence-electron chi connectivity index (χ3n) is 3.34. The Balaban J connectivity index is 1.98. The quantitative estimate of drug-likeness (QED) is 0.743. The number of nitrogens with zero attached hydrogens (tertiary/aromatic N) is 1. The summed E-state index contributed by atoms with van der Waals surface area (Å²) in [6, 6.07) is 10.0. The van der Waals surface area contributed by atoms with Crippen LogP contribution >= 0.6 is 0 Å². The number of carbonyl (C=O) groups excluding carboxylic acids is 2. The molecule has 0 spiro atoms. The molecule has 0 fully saturated rings. The minimum atomic E-state index is -0.270. The number of hydrogen-bond acceptors (Lipinski definition) is 2. The van der Waals surface area contributed by atoms with Gasteiger partial charge in [0, 0.05) is 6.54 Å². The molecular weight excluding hydrogens is 250 g/mol. The summed E-state index contributed by atoms with van der Waals surface area (Å²) in [6.45, 7) is 7.58. The van der Waals surface area contributed by atoms with Gasteiger partial charge in [-0.25, -0.2) is 0 Å². The van der Waals surface area contributed by atoms with E-state index in [0.717, 1.165) is 12.8 Å². The molecule has 20 heavy (non-hydrogen) atoms. The first-order chi connectivity index (χ1) is 9.69. The van der Waals surface area contributed by atoms with E-state index in [1.165, 1.54) is 22.6 Å². The second-order valence-electron chi connectivity index (χ2n) is 4.59. The topological polar surface area (TPSA) is 37.4 Å². The second-order valence-corrected chi connectivity index (χ2v) is 4.59. The van der Waals surface area contributed by atoms with Crippen molar-refractivity contribution in [3.63, 3.8) is 0 Å². The molecule has 2 rings (SSSR count). The Morgan fingerprint density at radius 2 is 1.50 bits per heavy atom. The smallest absolute Gasteiger partial charge is 0.261 e. The molecule has 1 heterocycles. The van der Waals surface area contributed by atoms with E-state index in [4.69, 9.17) is 0 Å². The van der Waals surface area contributed by atoms with E-state index < -0.39 is 0 Å². The molecule has 1 aromatic rings. The molecule has 0 radical (unpaired) electrons. The summed E-state index contributed by atoms with van der Waals surface area (Å²) in [5, 5.41) is 0. The van der Waals surface area contributed by atoms with Gasteiger partial charge in [0.25, 0.3) is 11.8 Å². The van der Waals surface area contributed by atoms with E-state index in [1.54, 1.807) is 0 Å². The van der Waals surface area contributed by atoms with Crippen molar-refractivity contribution in [2.45, 2.75) is 12.8 Å². The Bertz CT molecular complexity index is 554. The van der Waals surface area contributed by atoms with Gasteiger partial charge < -0.3 is 0 Å². The molecule has 0 aromatic heterocycles. The van der Waals surface area contributed by atoms with Gasteiger partial charge in [-0.2, -0.15) is 0 Å². The Hall–Kier alpha value is -2.42. The highest BCUT2D eigenvalue weighted by Gasteiger charge is 2.34. The van der Waals surface area contributed by atoms with E-state index in [2.05, 4.69) is 13.2 Å². The Morgan fingerprint density at radius 3 is 2.00 bits per heavy atom. The maximum atomic E-state index is 12.1. The van der Waals surface area contributed by atoms with Crippen molar-refractivity contribution < 1.29 is 9.59 Å². The maximum Gasteiger partial charge on any atom is 0.261 e. The molecule has 0 N–H and O–H groups in total. The zero-order valence-electron chi connectivity index (χ0n) is 11.3. The third-order valence-corrected chi connectivity index (χ3v) is 3.34. The number of aryl methyl sites for hydroxylation is 1. The fraction of sp³-hybridized carbons (Fsp3) is 0.176. The molecule has 0 aliphatic carbocycles.